The number of aromatic nitrogens is 2. The van der Waals surface area contributed by atoms with Crippen LogP contribution in [-0.2, 0) is 4.74 Å². The number of hydrogen-bond donors (Lipinski definition) is 1. The van der Waals surface area contributed by atoms with E-state index >= 15 is 0 Å². The number of nitrogens with zero attached hydrogens (tertiary/aromatic N) is 3. The fourth-order valence-electron chi connectivity index (χ4n) is 2.70. The lowest BCUT2D eigenvalue weighted by molar-refractivity contribution is 0.0600. The van der Waals surface area contributed by atoms with E-state index in [0.29, 0.717) is 11.4 Å². The molecule has 0 saturated carbocycles. The van der Waals surface area contributed by atoms with Crippen LogP contribution in [0.1, 0.15) is 15.9 Å². The molecular weight excluding hydrogens is 292 g/mol. The summed E-state index contributed by atoms with van der Waals surface area (Å²) in [6.45, 7) is 5.80. The average molecular weight is 312 g/mol. The zero-order valence-corrected chi connectivity index (χ0v) is 13.4. The van der Waals surface area contributed by atoms with Gasteiger partial charge in [-0.25, -0.2) is 14.8 Å². The van der Waals surface area contributed by atoms with E-state index in [0.717, 1.165) is 43.0 Å². The molecule has 0 unspecified atom stereocenters. The minimum absolute atomic E-state index is 0.354. The van der Waals surface area contributed by atoms with Crippen LogP contribution in [0.25, 0.3) is 11.4 Å². The highest BCUT2D eigenvalue weighted by molar-refractivity contribution is 5.91. The minimum atomic E-state index is -0.354. The topological polar surface area (TPSA) is 67.3 Å². The molecule has 1 aliphatic rings. The molecule has 1 aliphatic heterocycles. The largest absolute Gasteiger partial charge is 0.465 e. The van der Waals surface area contributed by atoms with Crippen LogP contribution in [0.5, 0.6) is 0 Å². The minimum Gasteiger partial charge on any atom is -0.465 e. The van der Waals surface area contributed by atoms with Gasteiger partial charge in [0.15, 0.2) is 5.82 Å². The van der Waals surface area contributed by atoms with Gasteiger partial charge in [0, 0.05) is 31.7 Å². The van der Waals surface area contributed by atoms with E-state index in [1.54, 1.807) is 12.1 Å². The summed E-state index contributed by atoms with van der Waals surface area (Å²) < 4.78 is 4.79. The summed E-state index contributed by atoms with van der Waals surface area (Å²) in [5.41, 5.74) is 3.32. The van der Waals surface area contributed by atoms with Crippen LogP contribution in [-0.4, -0.2) is 49.2 Å². The predicted molar refractivity (Wildman–Crippen MR) is 88.6 cm³/mol. The van der Waals surface area contributed by atoms with Gasteiger partial charge in [0.25, 0.3) is 0 Å². The normalized spacial score (nSPS) is 14.6. The zero-order valence-electron chi connectivity index (χ0n) is 13.4. The summed E-state index contributed by atoms with van der Waals surface area (Å²) in [7, 11) is 1.38. The maximum Gasteiger partial charge on any atom is 0.337 e. The van der Waals surface area contributed by atoms with Crippen molar-refractivity contribution in [1.82, 2.24) is 15.3 Å². The summed E-state index contributed by atoms with van der Waals surface area (Å²) in [6, 6.07) is 5.52. The Morgan fingerprint density at radius 3 is 2.52 bits per heavy atom. The van der Waals surface area contributed by atoms with Crippen LogP contribution in [0.4, 0.5) is 5.69 Å². The molecule has 0 spiro atoms. The Morgan fingerprint density at radius 2 is 1.87 bits per heavy atom. The molecule has 0 radical (unpaired) electrons. The van der Waals surface area contributed by atoms with Crippen molar-refractivity contribution in [3.05, 3.63) is 41.7 Å². The van der Waals surface area contributed by atoms with E-state index in [1.807, 2.05) is 25.4 Å². The van der Waals surface area contributed by atoms with Gasteiger partial charge in [-0.3, -0.25) is 0 Å². The molecule has 0 bridgehead atoms. The van der Waals surface area contributed by atoms with Gasteiger partial charge in [-0.1, -0.05) is 0 Å². The smallest absolute Gasteiger partial charge is 0.337 e. The molecule has 23 heavy (non-hydrogen) atoms. The number of carbonyl (C=O) groups excluding carboxylic acids is 1. The van der Waals surface area contributed by atoms with Crippen molar-refractivity contribution in [1.29, 1.82) is 0 Å². The molecule has 0 aliphatic carbocycles. The third kappa shape index (κ3) is 3.48. The lowest BCUT2D eigenvalue weighted by Gasteiger charge is -2.28. The molecular formula is C17H20N4O2. The lowest BCUT2D eigenvalue weighted by atomic mass is 10.1. The Kier molecular flexibility index (Phi) is 4.52. The first-order chi connectivity index (χ1) is 11.2. The average Bonchev–Trinajstić information content (AvgIpc) is 2.61. The molecule has 2 aromatic rings. The summed E-state index contributed by atoms with van der Waals surface area (Å²) in [6.07, 6.45) is 3.68. The van der Waals surface area contributed by atoms with E-state index < -0.39 is 0 Å². The van der Waals surface area contributed by atoms with E-state index in [-0.39, 0.29) is 5.97 Å². The molecule has 1 fully saturated rings. The Labute approximate surface area is 135 Å². The number of hydrogen-bond acceptors (Lipinski definition) is 6. The number of nitrogens with one attached hydrogen (secondary N) is 1. The van der Waals surface area contributed by atoms with E-state index in [4.69, 9.17) is 4.74 Å². The number of ether oxygens (including phenoxy) is 1. The first kappa shape index (κ1) is 15.4. The molecule has 0 atom stereocenters. The number of rotatable bonds is 3. The van der Waals surface area contributed by atoms with Gasteiger partial charge in [-0.15, -0.1) is 0 Å². The molecule has 1 N–H and O–H groups in total. The predicted octanol–water partition coefficient (Wildman–Crippen LogP) is 1.65. The SMILES string of the molecule is COC(=O)c1cc(C)cc(-c2ncc(N3CCNCC3)cn2)c1. The second-order valence-electron chi connectivity index (χ2n) is 5.58. The number of esters is 1. The van der Waals surface area contributed by atoms with Crippen LogP contribution in [0, 0.1) is 6.92 Å². The number of piperazine rings is 1. The highest BCUT2D eigenvalue weighted by Crippen LogP contribution is 2.21. The van der Waals surface area contributed by atoms with Crippen molar-refractivity contribution in [2.75, 3.05) is 38.2 Å². The first-order valence-electron chi connectivity index (χ1n) is 7.65. The molecule has 3 rings (SSSR count). The van der Waals surface area contributed by atoms with E-state index in [2.05, 4.69) is 20.2 Å². The van der Waals surface area contributed by atoms with Crippen molar-refractivity contribution < 1.29 is 9.53 Å². The van der Waals surface area contributed by atoms with Crippen molar-refractivity contribution in [2.24, 2.45) is 0 Å². The number of anilines is 1. The Morgan fingerprint density at radius 1 is 1.17 bits per heavy atom. The fourth-order valence-corrected chi connectivity index (χ4v) is 2.70. The Hall–Kier alpha value is -2.47. The van der Waals surface area contributed by atoms with E-state index in [1.165, 1.54) is 7.11 Å². The van der Waals surface area contributed by atoms with Gasteiger partial charge in [-0.2, -0.15) is 0 Å². The van der Waals surface area contributed by atoms with Crippen LogP contribution >= 0.6 is 0 Å². The van der Waals surface area contributed by atoms with Gasteiger partial charge in [0.1, 0.15) is 0 Å². The Balaban J connectivity index is 1.87. The molecule has 1 saturated heterocycles. The second kappa shape index (κ2) is 6.75. The molecule has 120 valence electrons. The molecule has 6 heteroatoms. The molecule has 1 aromatic carbocycles. The summed E-state index contributed by atoms with van der Waals surface area (Å²) in [4.78, 5) is 22.9. The zero-order chi connectivity index (χ0) is 16.2. The maximum atomic E-state index is 11.7. The van der Waals surface area contributed by atoms with Crippen molar-refractivity contribution in [3.63, 3.8) is 0 Å². The molecule has 1 aromatic heterocycles. The van der Waals surface area contributed by atoms with Crippen LogP contribution in [0.15, 0.2) is 30.6 Å². The van der Waals surface area contributed by atoms with Crippen molar-refractivity contribution in [3.8, 4) is 11.4 Å². The molecule has 0 amide bonds. The van der Waals surface area contributed by atoms with Crippen LogP contribution in [0.3, 0.4) is 0 Å². The third-order valence-electron chi connectivity index (χ3n) is 3.88. The van der Waals surface area contributed by atoms with Gasteiger partial charge >= 0.3 is 5.97 Å². The number of aryl methyl sites for hydroxylation is 1. The van der Waals surface area contributed by atoms with E-state index in [9.17, 15) is 4.79 Å². The monoisotopic (exact) mass is 312 g/mol. The van der Waals surface area contributed by atoms with Crippen molar-refractivity contribution in [2.45, 2.75) is 6.92 Å². The van der Waals surface area contributed by atoms with Crippen LogP contribution in [0.2, 0.25) is 0 Å². The standard InChI is InChI=1S/C17H20N4O2/c1-12-7-13(9-14(8-12)17(22)23-2)16-19-10-15(11-20-16)21-5-3-18-4-6-21/h7-11,18H,3-6H2,1-2H3. The summed E-state index contributed by atoms with van der Waals surface area (Å²) >= 11 is 0. The Bertz CT molecular complexity index is 694. The fraction of sp³-hybridized carbons (Fsp3) is 0.353. The number of benzene rings is 1. The highest BCUT2D eigenvalue weighted by Gasteiger charge is 2.13. The summed E-state index contributed by atoms with van der Waals surface area (Å²) in [5, 5.41) is 3.32. The van der Waals surface area contributed by atoms with Gasteiger partial charge in [0.05, 0.1) is 30.8 Å². The molecule has 2 heterocycles. The quantitative estimate of drug-likeness (QED) is 0.869. The van der Waals surface area contributed by atoms with Gasteiger partial charge in [0.2, 0.25) is 0 Å². The van der Waals surface area contributed by atoms with Gasteiger partial charge < -0.3 is 15.0 Å². The van der Waals surface area contributed by atoms with Gasteiger partial charge in [-0.05, 0) is 30.7 Å². The first-order valence-corrected chi connectivity index (χ1v) is 7.65. The third-order valence-corrected chi connectivity index (χ3v) is 3.88. The number of methoxy groups -OCH3 is 1. The molecule has 6 nitrogen and oxygen atoms in total. The van der Waals surface area contributed by atoms with Crippen molar-refractivity contribution >= 4 is 11.7 Å². The lowest BCUT2D eigenvalue weighted by Crippen LogP contribution is -2.43. The number of carbonyl (C=O) groups is 1. The maximum absolute atomic E-state index is 11.7. The second-order valence-corrected chi connectivity index (χ2v) is 5.58. The van der Waals surface area contributed by atoms with Crippen LogP contribution < -0.4 is 10.2 Å². The summed E-state index contributed by atoms with van der Waals surface area (Å²) in [5.74, 6) is 0.255. The highest BCUT2D eigenvalue weighted by atomic mass is 16.5.